The van der Waals surface area contributed by atoms with Gasteiger partial charge in [0, 0.05) is 126 Å². The molecule has 6 aliphatic heterocycles. The number of aromatic nitrogens is 10. The van der Waals surface area contributed by atoms with Gasteiger partial charge in [0.2, 0.25) is 23.6 Å². The van der Waals surface area contributed by atoms with Crippen molar-refractivity contribution < 1.29 is 55.1 Å². The molecule has 2 aliphatic carbocycles. The average Bonchev–Trinajstić information content (AvgIpc) is 1.73. The quantitative estimate of drug-likeness (QED) is 0.0517. The number of para-hydroxylation sites is 2. The zero-order chi connectivity index (χ0) is 79.0. The van der Waals surface area contributed by atoms with Crippen LogP contribution in [0.25, 0.3) is 43.9 Å². The fourth-order valence-corrected chi connectivity index (χ4v) is 19.4. The molecule has 590 valence electrons. The minimum absolute atomic E-state index is 0.0862. The van der Waals surface area contributed by atoms with Crippen LogP contribution in [-0.2, 0) is 45.6 Å². The molecule has 10 aromatic rings. The van der Waals surface area contributed by atoms with Gasteiger partial charge in [0.1, 0.15) is 34.9 Å². The van der Waals surface area contributed by atoms with Crippen LogP contribution in [0.2, 0.25) is 0 Å². The molecule has 18 rings (SSSR count). The number of aryl methyl sites for hydroxylation is 3. The molecular formula is C81H86F6N18O8. The SMILES string of the molecule is Cc1cc2nn([C@@H]3CC[C@@H](CN4C5CC4CN(c4cccc6c4n(C)c(=O)n6C4CCC(=O)NC4=O)C5)C(C4C[C@H](n5cc6cc(NC(=O)c7cccc(C(F)(F)F)n7)c(C(C)C)cc6n5)CC[C@H]4CN4CCN(c5cccc6c5n(C)c(=O)n6C5CCC(=O)NC5=O)CC4)C3)cc2cc1NC(=O)c1cccc(C(F)(F)F)n1. The number of benzene rings is 4. The number of amides is 6. The molecule has 0 spiro atoms. The fraction of sp³-hybridized carbons (Fsp3) is 0.457. The van der Waals surface area contributed by atoms with E-state index in [1.165, 1.54) is 21.3 Å². The van der Waals surface area contributed by atoms with Gasteiger partial charge in [-0.1, -0.05) is 38.1 Å². The summed E-state index contributed by atoms with van der Waals surface area (Å²) >= 11 is 0. The van der Waals surface area contributed by atoms with Crippen molar-refractivity contribution in [3.05, 3.63) is 164 Å². The van der Waals surface area contributed by atoms with E-state index in [9.17, 15) is 64.7 Å². The molecule has 10 atom stereocenters. The van der Waals surface area contributed by atoms with Crippen molar-refractivity contribution in [2.24, 2.45) is 37.8 Å². The van der Waals surface area contributed by atoms with Gasteiger partial charge in [-0.15, -0.1) is 0 Å². The maximum Gasteiger partial charge on any atom is 0.433 e. The maximum atomic E-state index is 14.2. The molecule has 8 fully saturated rings. The number of imidazole rings is 2. The second kappa shape index (κ2) is 28.9. The van der Waals surface area contributed by atoms with Crippen LogP contribution in [-0.4, -0.2) is 157 Å². The highest BCUT2D eigenvalue weighted by molar-refractivity contribution is 6.06. The molecule has 6 saturated heterocycles. The van der Waals surface area contributed by atoms with E-state index in [1.807, 2.05) is 80.8 Å². The summed E-state index contributed by atoms with van der Waals surface area (Å²) in [6, 6.07) is 24.0. The van der Waals surface area contributed by atoms with Gasteiger partial charge in [0.25, 0.3) is 11.8 Å². The highest BCUT2D eigenvalue weighted by Gasteiger charge is 2.50. The molecule has 6 unspecified atom stereocenters. The fourth-order valence-electron chi connectivity index (χ4n) is 19.4. The van der Waals surface area contributed by atoms with E-state index in [4.69, 9.17) is 10.2 Å². The molecule has 0 radical (unpaired) electrons. The zero-order valence-corrected chi connectivity index (χ0v) is 63.0. The zero-order valence-electron chi connectivity index (χ0n) is 63.0. The molecule has 4 aromatic carbocycles. The molecule has 6 aromatic heterocycles. The van der Waals surface area contributed by atoms with E-state index in [-0.39, 0.29) is 114 Å². The third kappa shape index (κ3) is 13.9. The molecule has 6 amide bonds. The predicted molar refractivity (Wildman–Crippen MR) is 409 cm³/mol. The molecule has 2 bridgehead atoms. The van der Waals surface area contributed by atoms with E-state index in [2.05, 4.69) is 60.2 Å². The van der Waals surface area contributed by atoms with Crippen molar-refractivity contribution >= 4 is 102 Å². The summed E-state index contributed by atoms with van der Waals surface area (Å²) in [4.78, 5) is 124. The van der Waals surface area contributed by atoms with Gasteiger partial charge >= 0.3 is 23.7 Å². The maximum absolute atomic E-state index is 14.2. The second-order valence-corrected chi connectivity index (χ2v) is 32.2. The Balaban J connectivity index is 0.701. The third-order valence-corrected chi connectivity index (χ3v) is 25.1. The minimum atomic E-state index is -4.76. The molecule has 12 heterocycles. The third-order valence-electron chi connectivity index (χ3n) is 25.1. The highest BCUT2D eigenvalue weighted by Crippen LogP contribution is 2.52. The summed E-state index contributed by atoms with van der Waals surface area (Å²) in [6.07, 6.45) is 0.910. The summed E-state index contributed by atoms with van der Waals surface area (Å²) in [7, 11) is 3.44. The molecule has 32 heteroatoms. The van der Waals surface area contributed by atoms with Crippen LogP contribution in [0.1, 0.15) is 158 Å². The number of piperidine rings is 3. The first-order valence-electron chi connectivity index (χ1n) is 38.9. The number of nitrogens with zero attached hydrogens (tertiary/aromatic N) is 14. The average molecular weight is 1550 g/mol. The van der Waals surface area contributed by atoms with E-state index in [0.717, 1.165) is 116 Å². The van der Waals surface area contributed by atoms with Gasteiger partial charge in [-0.3, -0.25) is 76.8 Å². The number of hydrogen-bond donors (Lipinski definition) is 4. The van der Waals surface area contributed by atoms with Crippen molar-refractivity contribution in [3.63, 3.8) is 0 Å². The first-order chi connectivity index (χ1) is 54.1. The van der Waals surface area contributed by atoms with Crippen LogP contribution in [0.15, 0.2) is 119 Å². The van der Waals surface area contributed by atoms with Gasteiger partial charge in [-0.25, -0.2) is 19.6 Å². The lowest BCUT2D eigenvalue weighted by Crippen LogP contribution is -2.69. The number of anilines is 4. The molecule has 113 heavy (non-hydrogen) atoms. The van der Waals surface area contributed by atoms with Crippen LogP contribution in [0.3, 0.4) is 0 Å². The number of carbonyl (C=O) groups excluding carboxylic acids is 6. The number of fused-ring (bicyclic) bond motifs is 6. The van der Waals surface area contributed by atoms with Crippen LogP contribution in [0, 0.1) is 30.6 Å². The Morgan fingerprint density at radius 2 is 1.01 bits per heavy atom. The predicted octanol–water partition coefficient (Wildman–Crippen LogP) is 10.8. The number of hydrogen-bond acceptors (Lipinski definition) is 16. The summed E-state index contributed by atoms with van der Waals surface area (Å²) in [5, 5.41) is 22.6. The normalized spacial score (nSPS) is 24.2. The van der Waals surface area contributed by atoms with Crippen molar-refractivity contribution in [1.29, 1.82) is 0 Å². The van der Waals surface area contributed by atoms with Gasteiger partial charge in [-0.2, -0.15) is 36.5 Å². The monoisotopic (exact) mass is 1550 g/mol. The highest BCUT2D eigenvalue weighted by atomic mass is 19.4. The largest absolute Gasteiger partial charge is 0.433 e. The van der Waals surface area contributed by atoms with Crippen LogP contribution in [0.4, 0.5) is 49.1 Å². The Morgan fingerprint density at radius 3 is 1.50 bits per heavy atom. The number of pyridine rings is 2. The smallest absolute Gasteiger partial charge is 0.367 e. The molecule has 2 saturated carbocycles. The summed E-state index contributed by atoms with van der Waals surface area (Å²) in [6.45, 7) is 11.5. The lowest BCUT2D eigenvalue weighted by atomic mass is 9.61. The molecule has 4 N–H and O–H groups in total. The van der Waals surface area contributed by atoms with E-state index >= 15 is 0 Å². The van der Waals surface area contributed by atoms with E-state index < -0.39 is 59.5 Å². The van der Waals surface area contributed by atoms with E-state index in [0.29, 0.717) is 83.8 Å². The Hall–Kier alpha value is -11.0. The minimum Gasteiger partial charge on any atom is -0.367 e. The Morgan fingerprint density at radius 1 is 0.540 bits per heavy atom. The van der Waals surface area contributed by atoms with Gasteiger partial charge in [0.05, 0.1) is 56.6 Å². The Bertz CT molecular complexity index is 5640. The number of nitrogens with one attached hydrogen (secondary N) is 4. The molecule has 8 aliphatic rings. The first kappa shape index (κ1) is 74.7. The number of alkyl halides is 6. The number of halogens is 6. The Labute approximate surface area is 643 Å². The number of carbonyl (C=O) groups is 6. The van der Waals surface area contributed by atoms with Crippen molar-refractivity contribution in [1.82, 2.24) is 68.2 Å². The summed E-state index contributed by atoms with van der Waals surface area (Å²) in [5.74, 6) is -2.87. The molecule has 26 nitrogen and oxygen atoms in total. The summed E-state index contributed by atoms with van der Waals surface area (Å²) < 4.78 is 93.2. The lowest BCUT2D eigenvalue weighted by molar-refractivity contribution is -0.142. The van der Waals surface area contributed by atoms with Crippen molar-refractivity contribution in [2.45, 2.75) is 146 Å². The van der Waals surface area contributed by atoms with E-state index in [1.54, 1.807) is 36.2 Å². The van der Waals surface area contributed by atoms with Crippen LogP contribution >= 0.6 is 0 Å². The lowest BCUT2D eigenvalue weighted by Gasteiger charge is -2.59. The van der Waals surface area contributed by atoms with Gasteiger partial charge in [-0.05, 0) is 178 Å². The number of imide groups is 2. The van der Waals surface area contributed by atoms with Gasteiger partial charge < -0.3 is 20.4 Å². The summed E-state index contributed by atoms with van der Waals surface area (Å²) in [5.41, 5.74) is 4.22. The van der Waals surface area contributed by atoms with Crippen LogP contribution in [0.5, 0.6) is 0 Å². The number of rotatable bonds is 16. The van der Waals surface area contributed by atoms with Crippen LogP contribution < -0.4 is 42.4 Å². The topological polar surface area (TPSA) is 279 Å². The Kier molecular flexibility index (Phi) is 19.1. The van der Waals surface area contributed by atoms with Gasteiger partial charge in [0.15, 0.2) is 0 Å². The molecular weight excluding hydrogens is 1470 g/mol. The standard InChI is InChI=1S/C81H86F6N18O8/c1-43(2)53-36-60-48(32-61(53)91-75(109)57-11-7-17-69(89-57)81(85,86)87)40-103(95-60)49-20-18-45(37-98-26-28-99(29-27-98)62-12-8-14-64-72(62)96(4)78(112)104(64)66-22-24-70(106)92-76(66)110)54(34-49)55-35-50(102-39-47-31-58(44(3)30-59(47)94-102)90-74(108)56-10-6-16-68(88-56)80(82,83)84)21-19-46(55)38-101-51-33-52(101)42-100(41-51)63-13-9-15-65-73(63)97(5)79(113)105(65)67-23-25-71(107)93-77(67)111/h6-17,30-32,36,39-40,43,45-46,49-52,54-55,66-67H,18-29,33-35,37-38,41-42H2,1-5H3,(H,90,108)(H,91,109)(H,92,106,110)(H,93,107,111)/t45-,46-,49+,50+,51?,52?,54?,55?,66?,67?/m0/s1. The first-order valence-corrected chi connectivity index (χ1v) is 38.9. The van der Waals surface area contributed by atoms with Crippen molar-refractivity contribution in [2.75, 3.05) is 72.8 Å². The second-order valence-electron chi connectivity index (χ2n) is 32.2. The number of piperazine rings is 2. The van der Waals surface area contributed by atoms with Crippen molar-refractivity contribution in [3.8, 4) is 0 Å².